The number of aromatic nitrogens is 5. The molecule has 0 atom stereocenters. The second kappa shape index (κ2) is 15.3. The zero-order chi connectivity index (χ0) is 27.3. The SMILES string of the molecule is C1CNCCN1.CN1CCNCC1.Cc1cc(C)[n+]2nc(N)c3ccccc3c2n1.Nc1ccc(Cl)nn1. The molecule has 0 bridgehead atoms. The van der Waals surface area contributed by atoms with Gasteiger partial charge in [-0.05, 0) is 30.2 Å². The monoisotopic (exact) mass is 540 g/mol. The Morgan fingerprint density at radius 2 is 1.45 bits per heavy atom. The summed E-state index contributed by atoms with van der Waals surface area (Å²) < 4.78 is 1.80. The first-order valence-corrected chi connectivity index (χ1v) is 13.1. The second-order valence-electron chi connectivity index (χ2n) is 9.04. The van der Waals surface area contributed by atoms with Gasteiger partial charge in [-0.15, -0.1) is 10.2 Å². The molecular formula is C26H39ClN11+. The fraction of sp³-hybridized carbons (Fsp3) is 0.423. The van der Waals surface area contributed by atoms with Crippen molar-refractivity contribution >= 4 is 39.7 Å². The minimum atomic E-state index is 0.360. The summed E-state index contributed by atoms with van der Waals surface area (Å²) in [5, 5.41) is 23.4. The molecule has 5 heterocycles. The Morgan fingerprint density at radius 3 is 1.95 bits per heavy atom. The van der Waals surface area contributed by atoms with Gasteiger partial charge in [0.1, 0.15) is 11.5 Å². The van der Waals surface area contributed by atoms with Crippen LogP contribution in [0.1, 0.15) is 11.4 Å². The maximum atomic E-state index is 5.97. The Labute approximate surface area is 229 Å². The molecule has 2 fully saturated rings. The van der Waals surface area contributed by atoms with E-state index in [0.29, 0.717) is 16.8 Å². The van der Waals surface area contributed by atoms with E-state index < -0.39 is 0 Å². The van der Waals surface area contributed by atoms with E-state index in [1.54, 1.807) is 16.6 Å². The lowest BCUT2D eigenvalue weighted by Crippen LogP contribution is -2.40. The smallest absolute Gasteiger partial charge is 0.356 e. The number of anilines is 2. The van der Waals surface area contributed by atoms with E-state index >= 15 is 0 Å². The second-order valence-corrected chi connectivity index (χ2v) is 9.43. The minimum Gasteiger partial charge on any atom is -0.382 e. The van der Waals surface area contributed by atoms with Crippen LogP contribution in [0, 0.1) is 13.8 Å². The fourth-order valence-corrected chi connectivity index (χ4v) is 3.95. The average molecular weight is 541 g/mol. The molecule has 2 saturated heterocycles. The molecule has 3 aromatic heterocycles. The Bertz CT molecular complexity index is 1240. The highest BCUT2D eigenvalue weighted by molar-refractivity contribution is 6.29. The van der Waals surface area contributed by atoms with E-state index in [4.69, 9.17) is 23.1 Å². The van der Waals surface area contributed by atoms with E-state index in [0.717, 1.165) is 67.1 Å². The number of nitrogen functional groups attached to an aromatic ring is 2. The zero-order valence-electron chi connectivity index (χ0n) is 22.4. The number of piperazine rings is 2. The Morgan fingerprint density at radius 1 is 0.842 bits per heavy atom. The molecule has 38 heavy (non-hydrogen) atoms. The molecular weight excluding hydrogens is 502 g/mol. The number of hydrogen-bond acceptors (Lipinski definition) is 10. The molecule has 4 aromatic rings. The van der Waals surface area contributed by atoms with Crippen molar-refractivity contribution in [2.75, 3.05) is 70.9 Å². The first kappa shape index (κ1) is 29.3. The highest BCUT2D eigenvalue weighted by Crippen LogP contribution is 2.20. The highest BCUT2D eigenvalue weighted by Gasteiger charge is 2.16. The van der Waals surface area contributed by atoms with Crippen LogP contribution in [0.15, 0.2) is 42.5 Å². The minimum absolute atomic E-state index is 0.360. The number of aryl methyl sites for hydroxylation is 2. The highest BCUT2D eigenvalue weighted by atomic mass is 35.5. The summed E-state index contributed by atoms with van der Waals surface area (Å²) in [7, 11) is 2.15. The van der Waals surface area contributed by atoms with Gasteiger partial charge in [-0.25, -0.2) is 0 Å². The number of rotatable bonds is 0. The molecule has 2 aliphatic rings. The van der Waals surface area contributed by atoms with E-state index in [1.165, 1.54) is 13.1 Å². The summed E-state index contributed by atoms with van der Waals surface area (Å²) in [6.07, 6.45) is 0. The van der Waals surface area contributed by atoms with Gasteiger partial charge in [-0.3, -0.25) is 0 Å². The number of hydrogen-bond donors (Lipinski definition) is 5. The topological polar surface area (TPSA) is 147 Å². The fourth-order valence-electron chi connectivity index (χ4n) is 3.85. The Kier molecular flexibility index (Phi) is 11.8. The van der Waals surface area contributed by atoms with E-state index in [9.17, 15) is 0 Å². The third-order valence-electron chi connectivity index (χ3n) is 5.84. The molecule has 0 radical (unpaired) electrons. The van der Waals surface area contributed by atoms with Gasteiger partial charge in [-0.1, -0.05) is 39.4 Å². The molecule has 12 heteroatoms. The van der Waals surface area contributed by atoms with Crippen molar-refractivity contribution < 1.29 is 4.52 Å². The van der Waals surface area contributed by atoms with E-state index in [2.05, 4.69) is 48.2 Å². The molecule has 0 spiro atoms. The van der Waals surface area contributed by atoms with Gasteiger partial charge >= 0.3 is 5.65 Å². The van der Waals surface area contributed by atoms with Crippen LogP contribution in [0.2, 0.25) is 5.15 Å². The maximum absolute atomic E-state index is 5.97. The predicted molar refractivity (Wildman–Crippen MR) is 154 cm³/mol. The molecule has 204 valence electrons. The van der Waals surface area contributed by atoms with Crippen LogP contribution >= 0.6 is 11.6 Å². The molecule has 11 nitrogen and oxygen atoms in total. The van der Waals surface area contributed by atoms with Gasteiger partial charge in [0, 0.05) is 77.7 Å². The zero-order valence-corrected chi connectivity index (χ0v) is 23.2. The first-order valence-electron chi connectivity index (χ1n) is 12.7. The number of nitrogens with zero attached hydrogens (tertiary/aromatic N) is 6. The van der Waals surface area contributed by atoms with Crippen LogP contribution in [-0.4, -0.2) is 84.6 Å². The van der Waals surface area contributed by atoms with Crippen molar-refractivity contribution in [1.29, 1.82) is 0 Å². The molecule has 6 rings (SSSR count). The molecule has 0 amide bonds. The lowest BCUT2D eigenvalue weighted by Gasteiger charge is -2.21. The largest absolute Gasteiger partial charge is 0.382 e. The number of nitrogens with one attached hydrogen (secondary N) is 3. The van der Waals surface area contributed by atoms with E-state index in [-0.39, 0.29) is 0 Å². The third kappa shape index (κ3) is 9.26. The van der Waals surface area contributed by atoms with Crippen molar-refractivity contribution in [2.45, 2.75) is 13.8 Å². The number of nitrogens with two attached hydrogens (primary N) is 2. The quantitative estimate of drug-likeness (QED) is 0.161. The summed E-state index contributed by atoms with van der Waals surface area (Å²) in [6, 6.07) is 13.1. The number of likely N-dealkylation sites (N-methyl/N-ethyl adjacent to an activating group) is 1. The predicted octanol–water partition coefficient (Wildman–Crippen LogP) is 0.980. The number of halogens is 1. The average Bonchev–Trinajstić information content (AvgIpc) is 2.94. The lowest BCUT2D eigenvalue weighted by molar-refractivity contribution is -0.587. The van der Waals surface area contributed by atoms with Crippen LogP contribution in [0.4, 0.5) is 11.6 Å². The van der Waals surface area contributed by atoms with Gasteiger partial charge in [0.25, 0.3) is 0 Å². The van der Waals surface area contributed by atoms with Crippen molar-refractivity contribution in [3.05, 3.63) is 59.0 Å². The molecule has 0 unspecified atom stereocenters. The van der Waals surface area contributed by atoms with Crippen LogP contribution in [-0.2, 0) is 0 Å². The number of fused-ring (bicyclic) bond motifs is 3. The van der Waals surface area contributed by atoms with Crippen molar-refractivity contribution in [1.82, 2.24) is 41.1 Å². The van der Waals surface area contributed by atoms with Gasteiger partial charge < -0.3 is 32.3 Å². The summed E-state index contributed by atoms with van der Waals surface area (Å²) >= 11 is 5.38. The van der Waals surface area contributed by atoms with Gasteiger partial charge in [0.2, 0.25) is 0 Å². The summed E-state index contributed by atoms with van der Waals surface area (Å²) in [6.45, 7) is 13.3. The molecule has 7 N–H and O–H groups in total. The molecule has 1 aromatic carbocycles. The molecule has 0 saturated carbocycles. The Hall–Kier alpha value is -3.22. The summed E-state index contributed by atoms with van der Waals surface area (Å²) in [4.78, 5) is 6.88. The first-order chi connectivity index (χ1) is 18.3. The molecule has 2 aliphatic heterocycles. The Balaban J connectivity index is 0.000000158. The van der Waals surface area contributed by atoms with Gasteiger partial charge in [0.05, 0.1) is 5.39 Å². The van der Waals surface area contributed by atoms with Crippen LogP contribution in [0.5, 0.6) is 0 Å². The van der Waals surface area contributed by atoms with Crippen molar-refractivity contribution in [2.24, 2.45) is 0 Å². The maximum Gasteiger partial charge on any atom is 0.356 e. The van der Waals surface area contributed by atoms with Crippen LogP contribution < -0.4 is 31.9 Å². The van der Waals surface area contributed by atoms with Gasteiger partial charge in [0.15, 0.2) is 16.7 Å². The standard InChI is InChI=1S/C13H13N4.C5H12N2.C4H4ClN3.C4H10N2/c1-8-7-9(2)17-13(15-8)11-6-4-3-5-10(11)12(14)16-17;1-7-4-2-6-3-5-7;5-3-1-2-4(6)8-7-3;1-2-6-4-3-5-1/h3-7H,1-2H3,(H2,14,16);6H,2-5H2,1H3;1-2H,(H2,6,8);5-6H,1-4H2/q+1;;;. The molecule has 0 aliphatic carbocycles. The van der Waals surface area contributed by atoms with Crippen LogP contribution in [0.3, 0.4) is 0 Å². The lowest BCUT2D eigenvalue weighted by atomic mass is 10.2. The van der Waals surface area contributed by atoms with Crippen molar-refractivity contribution in [3.8, 4) is 0 Å². The van der Waals surface area contributed by atoms with Gasteiger partial charge in [-0.2, -0.15) is 0 Å². The number of benzene rings is 1. The summed E-state index contributed by atoms with van der Waals surface area (Å²) in [5.41, 5.74) is 14.0. The normalized spacial score (nSPS) is 15.4. The summed E-state index contributed by atoms with van der Waals surface area (Å²) in [5.74, 6) is 0.918. The third-order valence-corrected chi connectivity index (χ3v) is 6.04. The van der Waals surface area contributed by atoms with Crippen molar-refractivity contribution in [3.63, 3.8) is 0 Å². The van der Waals surface area contributed by atoms with E-state index in [1.807, 2.05) is 44.2 Å². The van der Waals surface area contributed by atoms with Crippen LogP contribution in [0.25, 0.3) is 16.4 Å².